The van der Waals surface area contributed by atoms with E-state index in [-0.39, 0.29) is 11.3 Å². The molecule has 3 rings (SSSR count). The van der Waals surface area contributed by atoms with E-state index in [1.54, 1.807) is 36.4 Å². The van der Waals surface area contributed by atoms with Crippen molar-refractivity contribution < 1.29 is 28.3 Å². The molecular formula is C22H19N3O6. The van der Waals surface area contributed by atoms with Crippen LogP contribution in [0.3, 0.4) is 0 Å². The van der Waals surface area contributed by atoms with E-state index in [2.05, 4.69) is 16.0 Å². The van der Waals surface area contributed by atoms with Gasteiger partial charge in [-0.2, -0.15) is 0 Å². The molecule has 0 fully saturated rings. The number of nitrogens with one attached hydrogen (secondary N) is 3. The van der Waals surface area contributed by atoms with Crippen molar-refractivity contribution in [1.82, 2.24) is 5.32 Å². The fourth-order valence-corrected chi connectivity index (χ4v) is 2.47. The highest BCUT2D eigenvalue weighted by Gasteiger charge is 2.21. The van der Waals surface area contributed by atoms with Gasteiger partial charge in [0.2, 0.25) is 0 Å². The third kappa shape index (κ3) is 6.04. The van der Waals surface area contributed by atoms with Crippen molar-refractivity contribution in [3.8, 4) is 0 Å². The molecule has 2 aromatic carbocycles. The first kappa shape index (κ1) is 21.3. The maximum atomic E-state index is 12.3. The minimum atomic E-state index is -1.20. The number of furan rings is 1. The Labute approximate surface area is 177 Å². The van der Waals surface area contributed by atoms with E-state index < -0.39 is 29.9 Å². The summed E-state index contributed by atoms with van der Waals surface area (Å²) in [6.45, 7) is 1.35. The Morgan fingerprint density at radius 2 is 1.52 bits per heavy atom. The van der Waals surface area contributed by atoms with Crippen LogP contribution in [0.4, 0.5) is 16.2 Å². The molecule has 0 aliphatic heterocycles. The van der Waals surface area contributed by atoms with E-state index >= 15 is 0 Å². The molecule has 4 amide bonds. The number of urea groups is 1. The number of ether oxygens (including phenoxy) is 1. The van der Waals surface area contributed by atoms with Crippen molar-refractivity contribution in [3.63, 3.8) is 0 Å². The van der Waals surface area contributed by atoms with Crippen molar-refractivity contribution in [3.05, 3.63) is 84.3 Å². The molecule has 1 aromatic heterocycles. The maximum Gasteiger partial charge on any atom is 0.338 e. The molecule has 0 aliphatic carbocycles. The van der Waals surface area contributed by atoms with Crippen LogP contribution < -0.4 is 16.0 Å². The third-order valence-electron chi connectivity index (χ3n) is 4.04. The molecule has 0 radical (unpaired) electrons. The Morgan fingerprint density at radius 1 is 0.839 bits per heavy atom. The van der Waals surface area contributed by atoms with Crippen molar-refractivity contribution in [2.24, 2.45) is 0 Å². The molecule has 9 nitrogen and oxygen atoms in total. The average molecular weight is 421 g/mol. The van der Waals surface area contributed by atoms with E-state index in [9.17, 15) is 19.2 Å². The highest BCUT2D eigenvalue weighted by atomic mass is 16.5. The summed E-state index contributed by atoms with van der Waals surface area (Å²) in [4.78, 5) is 48.2. The van der Waals surface area contributed by atoms with Crippen LogP contribution in [0.1, 0.15) is 27.8 Å². The van der Waals surface area contributed by atoms with Gasteiger partial charge in [-0.3, -0.25) is 14.9 Å². The van der Waals surface area contributed by atoms with Gasteiger partial charge < -0.3 is 19.8 Å². The largest absolute Gasteiger partial charge is 0.459 e. The third-order valence-corrected chi connectivity index (χ3v) is 4.04. The zero-order valence-electron chi connectivity index (χ0n) is 16.5. The van der Waals surface area contributed by atoms with Gasteiger partial charge in [-0.05, 0) is 55.5 Å². The van der Waals surface area contributed by atoms with Crippen molar-refractivity contribution in [2.45, 2.75) is 13.0 Å². The van der Waals surface area contributed by atoms with Gasteiger partial charge in [-0.1, -0.05) is 18.2 Å². The second-order valence-electron chi connectivity index (χ2n) is 6.37. The van der Waals surface area contributed by atoms with Crippen LogP contribution in [0, 0.1) is 0 Å². The minimum Gasteiger partial charge on any atom is -0.459 e. The number of benzene rings is 2. The summed E-state index contributed by atoms with van der Waals surface area (Å²) in [6, 6.07) is 16.8. The first-order valence-corrected chi connectivity index (χ1v) is 9.25. The molecular weight excluding hydrogens is 402 g/mol. The molecule has 158 valence electrons. The lowest BCUT2D eigenvalue weighted by Gasteiger charge is -2.13. The van der Waals surface area contributed by atoms with E-state index in [4.69, 9.17) is 9.15 Å². The van der Waals surface area contributed by atoms with Gasteiger partial charge in [0.05, 0.1) is 11.8 Å². The van der Waals surface area contributed by atoms with Crippen LogP contribution in [0.2, 0.25) is 0 Å². The molecule has 9 heteroatoms. The molecule has 0 spiro atoms. The van der Waals surface area contributed by atoms with Crippen molar-refractivity contribution >= 4 is 35.2 Å². The number of para-hydroxylation sites is 1. The highest BCUT2D eigenvalue weighted by Crippen LogP contribution is 2.13. The standard InChI is InChI=1S/C22H19N3O6/c1-14(19(26)25-22(29)24-16-6-3-2-4-7-16)31-21(28)15-9-11-17(12-10-15)23-20(27)18-8-5-13-30-18/h2-14H,1H3,(H,23,27)(H2,24,25,26,29). The number of carbonyl (C=O) groups is 4. The Balaban J connectivity index is 1.50. The fourth-order valence-electron chi connectivity index (χ4n) is 2.47. The number of amides is 4. The molecule has 0 saturated carbocycles. The molecule has 0 aliphatic rings. The predicted molar refractivity (Wildman–Crippen MR) is 112 cm³/mol. The zero-order valence-corrected chi connectivity index (χ0v) is 16.5. The number of anilines is 2. The first-order valence-electron chi connectivity index (χ1n) is 9.25. The summed E-state index contributed by atoms with van der Waals surface area (Å²) < 4.78 is 10.1. The van der Waals surface area contributed by atoms with E-state index in [0.717, 1.165) is 0 Å². The SMILES string of the molecule is CC(OC(=O)c1ccc(NC(=O)c2ccco2)cc1)C(=O)NC(=O)Nc1ccccc1. The van der Waals surface area contributed by atoms with Crippen LogP contribution in [0.5, 0.6) is 0 Å². The number of rotatable bonds is 6. The Bertz CT molecular complexity index is 1060. The second kappa shape index (κ2) is 9.88. The van der Waals surface area contributed by atoms with Gasteiger partial charge in [0.1, 0.15) is 0 Å². The summed E-state index contributed by atoms with van der Waals surface area (Å²) in [7, 11) is 0. The van der Waals surface area contributed by atoms with Crippen LogP contribution in [-0.4, -0.2) is 29.9 Å². The van der Waals surface area contributed by atoms with Crippen molar-refractivity contribution in [2.75, 3.05) is 10.6 Å². The molecule has 0 bridgehead atoms. The molecule has 1 heterocycles. The van der Waals surface area contributed by atoms with Gasteiger partial charge in [0.25, 0.3) is 11.8 Å². The summed E-state index contributed by atoms with van der Waals surface area (Å²) in [6.07, 6.45) is 0.184. The maximum absolute atomic E-state index is 12.3. The first-order chi connectivity index (χ1) is 14.9. The Morgan fingerprint density at radius 3 is 2.16 bits per heavy atom. The highest BCUT2D eigenvalue weighted by molar-refractivity contribution is 6.04. The van der Waals surface area contributed by atoms with Crippen LogP contribution in [0.15, 0.2) is 77.4 Å². The van der Waals surface area contributed by atoms with Gasteiger partial charge in [-0.15, -0.1) is 0 Å². The molecule has 3 N–H and O–H groups in total. The molecule has 1 unspecified atom stereocenters. The molecule has 31 heavy (non-hydrogen) atoms. The number of imide groups is 1. The zero-order chi connectivity index (χ0) is 22.2. The number of carbonyl (C=O) groups excluding carboxylic acids is 4. The fraction of sp³-hybridized carbons (Fsp3) is 0.0909. The van der Waals surface area contributed by atoms with Gasteiger partial charge in [0.15, 0.2) is 11.9 Å². The summed E-state index contributed by atoms with van der Waals surface area (Å²) in [5, 5.41) is 7.22. The topological polar surface area (TPSA) is 127 Å². The number of hydrogen-bond acceptors (Lipinski definition) is 6. The lowest BCUT2D eigenvalue weighted by Crippen LogP contribution is -2.41. The second-order valence-corrected chi connectivity index (χ2v) is 6.37. The van der Waals surface area contributed by atoms with Crippen LogP contribution >= 0.6 is 0 Å². The van der Waals surface area contributed by atoms with Gasteiger partial charge in [-0.25, -0.2) is 9.59 Å². The molecule has 0 saturated heterocycles. The number of esters is 1. The van der Waals surface area contributed by atoms with E-state index in [1.807, 2.05) is 0 Å². The average Bonchev–Trinajstić information content (AvgIpc) is 3.30. The molecule has 1 atom stereocenters. The normalized spacial score (nSPS) is 11.1. The van der Waals surface area contributed by atoms with Crippen molar-refractivity contribution in [1.29, 1.82) is 0 Å². The summed E-state index contributed by atoms with van der Waals surface area (Å²) in [5.41, 5.74) is 1.13. The van der Waals surface area contributed by atoms with Gasteiger partial charge in [0, 0.05) is 11.4 Å². The molecule has 3 aromatic rings. The quantitative estimate of drug-likeness (QED) is 0.524. The predicted octanol–water partition coefficient (Wildman–Crippen LogP) is 3.43. The Hall–Kier alpha value is -4.40. The minimum absolute atomic E-state index is 0.152. The lowest BCUT2D eigenvalue weighted by atomic mass is 10.2. The smallest absolute Gasteiger partial charge is 0.338 e. The van der Waals surface area contributed by atoms with Gasteiger partial charge >= 0.3 is 12.0 Å². The van der Waals surface area contributed by atoms with E-state index in [1.165, 1.54) is 43.5 Å². The van der Waals surface area contributed by atoms with Crippen LogP contribution in [0.25, 0.3) is 0 Å². The lowest BCUT2D eigenvalue weighted by molar-refractivity contribution is -0.127. The monoisotopic (exact) mass is 421 g/mol. The Kier molecular flexibility index (Phi) is 6.79. The van der Waals surface area contributed by atoms with Crippen LogP contribution in [-0.2, 0) is 9.53 Å². The van der Waals surface area contributed by atoms with E-state index in [0.29, 0.717) is 11.4 Å². The number of hydrogen-bond donors (Lipinski definition) is 3. The summed E-state index contributed by atoms with van der Waals surface area (Å²) in [5.74, 6) is -1.81. The summed E-state index contributed by atoms with van der Waals surface area (Å²) >= 11 is 0.